The van der Waals surface area contributed by atoms with Crippen LogP contribution in [0.15, 0.2) is 94.6 Å². The second-order valence-corrected chi connectivity index (χ2v) is 5.50. The molecule has 7 nitrogen and oxygen atoms in total. The fraction of sp³-hybridized carbons (Fsp3) is 0. The zero-order valence-corrected chi connectivity index (χ0v) is 14.0. The average Bonchev–Trinajstić information content (AvgIpc) is 2.70. The van der Waals surface area contributed by atoms with Crippen LogP contribution < -0.4 is 0 Å². The SMILES string of the molecule is O=C(N=C1C=CC([N+](=O)[O-])=CC1=NC(=O)c1ccccc1)c1ccccc1. The van der Waals surface area contributed by atoms with Gasteiger partial charge in [0.1, 0.15) is 0 Å². The maximum Gasteiger partial charge on any atom is 0.277 e. The van der Waals surface area contributed by atoms with Crippen molar-refractivity contribution >= 4 is 23.2 Å². The summed E-state index contributed by atoms with van der Waals surface area (Å²) in [4.78, 5) is 43.0. The molecular formula is C20H13N3O4. The Labute approximate surface area is 154 Å². The Morgan fingerprint density at radius 3 is 1.70 bits per heavy atom. The van der Waals surface area contributed by atoms with Crippen LogP contribution in [0.1, 0.15) is 20.7 Å². The van der Waals surface area contributed by atoms with E-state index in [4.69, 9.17) is 0 Å². The van der Waals surface area contributed by atoms with Crippen LogP contribution in [0.2, 0.25) is 0 Å². The molecule has 0 saturated carbocycles. The first-order chi connectivity index (χ1) is 13.0. The molecule has 0 atom stereocenters. The van der Waals surface area contributed by atoms with Crippen LogP contribution in [0.3, 0.4) is 0 Å². The molecule has 0 aliphatic heterocycles. The molecule has 132 valence electrons. The van der Waals surface area contributed by atoms with E-state index in [2.05, 4.69) is 9.98 Å². The predicted molar refractivity (Wildman–Crippen MR) is 101 cm³/mol. The van der Waals surface area contributed by atoms with E-state index in [-0.39, 0.29) is 17.1 Å². The Balaban J connectivity index is 1.99. The third kappa shape index (κ3) is 4.35. The lowest BCUT2D eigenvalue weighted by molar-refractivity contribution is -0.418. The minimum Gasteiger partial charge on any atom is -0.267 e. The number of rotatable bonds is 3. The number of allylic oxidation sites excluding steroid dienone is 3. The molecule has 0 unspecified atom stereocenters. The van der Waals surface area contributed by atoms with Gasteiger partial charge in [-0.15, -0.1) is 0 Å². The van der Waals surface area contributed by atoms with Gasteiger partial charge in [-0.2, -0.15) is 0 Å². The van der Waals surface area contributed by atoms with Crippen LogP contribution in [0.25, 0.3) is 0 Å². The van der Waals surface area contributed by atoms with Gasteiger partial charge < -0.3 is 0 Å². The lowest BCUT2D eigenvalue weighted by Crippen LogP contribution is -2.19. The first-order valence-corrected chi connectivity index (χ1v) is 7.95. The van der Waals surface area contributed by atoms with Crippen molar-refractivity contribution in [1.82, 2.24) is 0 Å². The largest absolute Gasteiger partial charge is 0.277 e. The number of aliphatic imine (C=N–C) groups is 2. The Bertz CT molecular complexity index is 1020. The summed E-state index contributed by atoms with van der Waals surface area (Å²) >= 11 is 0. The highest BCUT2D eigenvalue weighted by Crippen LogP contribution is 2.11. The lowest BCUT2D eigenvalue weighted by atomic mass is 10.1. The Hall–Kier alpha value is -4.00. The number of hydrogen-bond donors (Lipinski definition) is 0. The van der Waals surface area contributed by atoms with Gasteiger partial charge in [0.25, 0.3) is 17.5 Å². The molecule has 0 fully saturated rings. The van der Waals surface area contributed by atoms with Gasteiger partial charge >= 0.3 is 0 Å². The highest BCUT2D eigenvalue weighted by molar-refractivity contribution is 6.53. The Morgan fingerprint density at radius 2 is 1.22 bits per heavy atom. The van der Waals surface area contributed by atoms with Gasteiger partial charge in [0.05, 0.1) is 16.3 Å². The summed E-state index contributed by atoms with van der Waals surface area (Å²) in [6.45, 7) is 0. The Morgan fingerprint density at radius 1 is 0.741 bits per heavy atom. The monoisotopic (exact) mass is 359 g/mol. The van der Waals surface area contributed by atoms with Crippen molar-refractivity contribution in [1.29, 1.82) is 0 Å². The number of carbonyl (C=O) groups excluding carboxylic acids is 2. The van der Waals surface area contributed by atoms with Crippen LogP contribution in [0.5, 0.6) is 0 Å². The first-order valence-electron chi connectivity index (χ1n) is 7.95. The average molecular weight is 359 g/mol. The maximum absolute atomic E-state index is 12.3. The second kappa shape index (κ2) is 7.92. The van der Waals surface area contributed by atoms with Crippen molar-refractivity contribution in [2.45, 2.75) is 0 Å². The molecule has 0 aromatic heterocycles. The topological polar surface area (TPSA) is 102 Å². The minimum atomic E-state index is -0.602. The molecule has 2 aromatic carbocycles. The molecule has 7 heteroatoms. The van der Waals surface area contributed by atoms with E-state index >= 15 is 0 Å². The first kappa shape index (κ1) is 17.8. The molecule has 27 heavy (non-hydrogen) atoms. The van der Waals surface area contributed by atoms with Crippen molar-refractivity contribution in [2.75, 3.05) is 0 Å². The van der Waals surface area contributed by atoms with Crippen molar-refractivity contribution < 1.29 is 14.5 Å². The van der Waals surface area contributed by atoms with Gasteiger partial charge in [-0.25, -0.2) is 9.98 Å². The van der Waals surface area contributed by atoms with E-state index in [0.29, 0.717) is 11.1 Å². The molecule has 0 heterocycles. The number of carbonyl (C=O) groups is 2. The summed E-state index contributed by atoms with van der Waals surface area (Å²) in [6.07, 6.45) is 3.64. The zero-order valence-electron chi connectivity index (χ0n) is 14.0. The van der Waals surface area contributed by atoms with Crippen LogP contribution in [0.4, 0.5) is 0 Å². The number of hydrogen-bond acceptors (Lipinski definition) is 4. The van der Waals surface area contributed by atoms with Crippen molar-refractivity contribution in [3.63, 3.8) is 0 Å². The van der Waals surface area contributed by atoms with E-state index in [1.54, 1.807) is 60.7 Å². The summed E-state index contributed by atoms with van der Waals surface area (Å²) in [5.41, 5.74) is 0.474. The standard InChI is InChI=1S/C20H13N3O4/c24-19(14-7-3-1-4-8-14)21-17-12-11-16(23(26)27)13-18(17)22-20(25)15-9-5-2-6-10-15/h1-13H. The molecule has 3 rings (SSSR count). The summed E-state index contributed by atoms with van der Waals surface area (Å²) in [5, 5.41) is 11.0. The highest BCUT2D eigenvalue weighted by Gasteiger charge is 2.20. The van der Waals surface area contributed by atoms with Gasteiger partial charge in [0.2, 0.25) is 0 Å². The maximum atomic E-state index is 12.3. The van der Waals surface area contributed by atoms with Gasteiger partial charge in [-0.1, -0.05) is 36.4 Å². The number of amides is 2. The molecule has 0 saturated heterocycles. The molecule has 0 bridgehead atoms. The van der Waals surface area contributed by atoms with Gasteiger partial charge in [-0.3, -0.25) is 19.7 Å². The second-order valence-electron chi connectivity index (χ2n) is 5.50. The summed E-state index contributed by atoms with van der Waals surface area (Å²) in [5.74, 6) is -1.12. The normalized spacial score (nSPS) is 16.2. The smallest absolute Gasteiger partial charge is 0.267 e. The van der Waals surface area contributed by atoms with Crippen LogP contribution in [-0.4, -0.2) is 28.2 Å². The van der Waals surface area contributed by atoms with Gasteiger partial charge in [-0.05, 0) is 30.3 Å². The molecule has 1 aliphatic rings. The molecule has 1 aliphatic carbocycles. The van der Waals surface area contributed by atoms with E-state index in [9.17, 15) is 19.7 Å². The number of benzene rings is 2. The fourth-order valence-corrected chi connectivity index (χ4v) is 2.32. The quantitative estimate of drug-likeness (QED) is 0.477. The third-order valence-corrected chi connectivity index (χ3v) is 3.66. The Kier molecular flexibility index (Phi) is 5.22. The van der Waals surface area contributed by atoms with E-state index < -0.39 is 16.7 Å². The van der Waals surface area contributed by atoms with E-state index in [1.807, 2.05) is 0 Å². The molecule has 0 spiro atoms. The van der Waals surface area contributed by atoms with E-state index in [0.717, 1.165) is 6.08 Å². The number of nitro groups is 1. The fourth-order valence-electron chi connectivity index (χ4n) is 2.32. The van der Waals surface area contributed by atoms with Crippen LogP contribution in [0, 0.1) is 10.1 Å². The molecule has 0 radical (unpaired) electrons. The molecular weight excluding hydrogens is 346 g/mol. The summed E-state index contributed by atoms with van der Waals surface area (Å²) in [7, 11) is 0. The summed E-state index contributed by atoms with van der Waals surface area (Å²) in [6, 6.07) is 16.6. The van der Waals surface area contributed by atoms with Gasteiger partial charge in [0.15, 0.2) is 0 Å². The van der Waals surface area contributed by atoms with Gasteiger partial charge in [0, 0.05) is 23.3 Å². The van der Waals surface area contributed by atoms with Crippen LogP contribution >= 0.6 is 0 Å². The van der Waals surface area contributed by atoms with Crippen molar-refractivity contribution in [3.05, 3.63) is 106 Å². The number of nitrogens with zero attached hydrogens (tertiary/aromatic N) is 3. The van der Waals surface area contributed by atoms with Crippen LogP contribution in [-0.2, 0) is 0 Å². The third-order valence-electron chi connectivity index (χ3n) is 3.66. The van der Waals surface area contributed by atoms with Crippen molar-refractivity contribution in [2.24, 2.45) is 9.98 Å². The highest BCUT2D eigenvalue weighted by atomic mass is 16.6. The van der Waals surface area contributed by atoms with Crippen molar-refractivity contribution in [3.8, 4) is 0 Å². The molecule has 2 aromatic rings. The summed E-state index contributed by atoms with van der Waals surface area (Å²) < 4.78 is 0. The molecule has 0 N–H and O–H groups in total. The minimum absolute atomic E-state index is 0.0395. The zero-order chi connectivity index (χ0) is 19.2. The molecule has 2 amide bonds. The predicted octanol–water partition coefficient (Wildman–Crippen LogP) is 3.28. The van der Waals surface area contributed by atoms with E-state index in [1.165, 1.54) is 12.2 Å². The lowest BCUT2D eigenvalue weighted by Gasteiger charge is -2.06.